The topological polar surface area (TPSA) is 53.4 Å². The number of carbonyl (C=O) groups is 1. The van der Waals surface area contributed by atoms with Crippen molar-refractivity contribution in [3.8, 4) is 0 Å². The molecule has 0 saturated carbocycles. The van der Waals surface area contributed by atoms with E-state index < -0.39 is 5.82 Å². The van der Waals surface area contributed by atoms with Gasteiger partial charge in [0.1, 0.15) is 11.6 Å². The van der Waals surface area contributed by atoms with Crippen molar-refractivity contribution in [1.29, 1.82) is 0 Å². The molecule has 1 aromatic heterocycles. The highest BCUT2D eigenvalue weighted by molar-refractivity contribution is 5.94. The quantitative estimate of drug-likeness (QED) is 0.736. The molecule has 2 aromatic carbocycles. The minimum atomic E-state index is -0.489. The van der Waals surface area contributed by atoms with Gasteiger partial charge in [0.25, 0.3) is 5.91 Å². The van der Waals surface area contributed by atoms with Crippen molar-refractivity contribution in [1.82, 2.24) is 19.9 Å². The summed E-state index contributed by atoms with van der Waals surface area (Å²) in [6.45, 7) is 6.87. The molecule has 7 heteroatoms. The molecule has 1 amide bonds. The van der Waals surface area contributed by atoms with Crippen LogP contribution in [0.1, 0.15) is 16.2 Å². The Balaban J connectivity index is 1.29. The minimum Gasteiger partial charge on any atom is -0.351 e. The summed E-state index contributed by atoms with van der Waals surface area (Å²) in [5.74, 6) is 0.139. The lowest BCUT2D eigenvalue weighted by molar-refractivity contribution is 0.0943. The molecule has 0 unspecified atom stereocenters. The number of aryl methyl sites for hydroxylation is 1. The van der Waals surface area contributed by atoms with Gasteiger partial charge in [0, 0.05) is 39.3 Å². The Kier molecular flexibility index (Phi) is 5.25. The molecule has 0 spiro atoms. The van der Waals surface area contributed by atoms with Crippen molar-refractivity contribution in [2.75, 3.05) is 44.3 Å². The fraction of sp³-hybridized carbons (Fsp3) is 0.333. The van der Waals surface area contributed by atoms with Crippen molar-refractivity contribution in [3.63, 3.8) is 0 Å². The van der Waals surface area contributed by atoms with Gasteiger partial charge in [-0.15, -0.1) is 0 Å². The zero-order chi connectivity index (χ0) is 19.5. The van der Waals surface area contributed by atoms with Gasteiger partial charge >= 0.3 is 0 Å². The number of aromatic nitrogens is 2. The van der Waals surface area contributed by atoms with E-state index >= 15 is 0 Å². The second-order valence-corrected chi connectivity index (χ2v) is 6.99. The molecule has 0 bridgehead atoms. The third-order valence-electron chi connectivity index (χ3n) is 5.16. The molecule has 1 aliphatic rings. The summed E-state index contributed by atoms with van der Waals surface area (Å²) in [5, 5.41) is 5.13. The van der Waals surface area contributed by atoms with Crippen LogP contribution in [0.3, 0.4) is 0 Å². The average molecular weight is 381 g/mol. The Bertz CT molecular complexity index is 978. The molecule has 2 heterocycles. The SMILES string of the molecule is Cc1nc2ccccc2n1N1CCN(CCNC(=O)c2ccccc2F)CC1. The molecule has 1 N–H and O–H groups in total. The van der Waals surface area contributed by atoms with E-state index in [0.717, 1.165) is 49.6 Å². The number of hydrogen-bond donors (Lipinski definition) is 1. The first kappa shape index (κ1) is 18.4. The number of amides is 1. The summed E-state index contributed by atoms with van der Waals surface area (Å²) in [6, 6.07) is 14.2. The van der Waals surface area contributed by atoms with Gasteiger partial charge in [0.15, 0.2) is 0 Å². The Morgan fingerprint density at radius 1 is 1.07 bits per heavy atom. The standard InChI is InChI=1S/C21H24FN5O/c1-16-24-19-8-4-5-9-20(19)27(16)26-14-12-25(13-15-26)11-10-23-21(28)17-6-2-3-7-18(17)22/h2-9H,10-15H2,1H3,(H,23,28). The maximum absolute atomic E-state index is 13.7. The molecule has 0 atom stereocenters. The van der Waals surface area contributed by atoms with Crippen molar-refractivity contribution in [2.45, 2.75) is 6.92 Å². The van der Waals surface area contributed by atoms with E-state index in [9.17, 15) is 9.18 Å². The summed E-state index contributed by atoms with van der Waals surface area (Å²) in [4.78, 5) is 19.0. The summed E-state index contributed by atoms with van der Waals surface area (Å²) < 4.78 is 15.9. The second kappa shape index (κ2) is 7.98. The van der Waals surface area contributed by atoms with Crippen molar-refractivity contribution < 1.29 is 9.18 Å². The van der Waals surface area contributed by atoms with E-state index in [4.69, 9.17) is 0 Å². The molecule has 0 aliphatic carbocycles. The molecule has 146 valence electrons. The van der Waals surface area contributed by atoms with Crippen LogP contribution in [0.2, 0.25) is 0 Å². The molecule has 1 aliphatic heterocycles. The van der Waals surface area contributed by atoms with Crippen LogP contribution in [0.15, 0.2) is 48.5 Å². The summed E-state index contributed by atoms with van der Waals surface area (Å²) in [7, 11) is 0. The van der Waals surface area contributed by atoms with Crippen LogP contribution < -0.4 is 10.3 Å². The number of nitrogens with zero attached hydrogens (tertiary/aromatic N) is 4. The summed E-state index contributed by atoms with van der Waals surface area (Å²) in [5.41, 5.74) is 2.23. The van der Waals surface area contributed by atoms with E-state index in [2.05, 4.69) is 31.0 Å². The number of piperazine rings is 1. The number of fused-ring (bicyclic) bond motifs is 1. The highest BCUT2D eigenvalue weighted by atomic mass is 19.1. The van der Waals surface area contributed by atoms with E-state index in [-0.39, 0.29) is 11.5 Å². The van der Waals surface area contributed by atoms with E-state index in [1.165, 1.54) is 12.1 Å². The third kappa shape index (κ3) is 3.71. The third-order valence-corrected chi connectivity index (χ3v) is 5.16. The first-order valence-electron chi connectivity index (χ1n) is 9.58. The molecule has 1 fully saturated rings. The van der Waals surface area contributed by atoms with Crippen LogP contribution >= 0.6 is 0 Å². The number of imidazole rings is 1. The fourth-order valence-electron chi connectivity index (χ4n) is 3.72. The molecule has 3 aromatic rings. The molecule has 1 saturated heterocycles. The number of carbonyl (C=O) groups excluding carboxylic acids is 1. The van der Waals surface area contributed by atoms with Crippen molar-refractivity contribution in [3.05, 3.63) is 65.7 Å². The van der Waals surface area contributed by atoms with Gasteiger partial charge in [-0.3, -0.25) is 9.69 Å². The van der Waals surface area contributed by atoms with Gasteiger partial charge in [-0.2, -0.15) is 0 Å². The largest absolute Gasteiger partial charge is 0.351 e. The lowest BCUT2D eigenvalue weighted by Gasteiger charge is -2.37. The van der Waals surface area contributed by atoms with Gasteiger partial charge < -0.3 is 10.3 Å². The summed E-state index contributed by atoms with van der Waals surface area (Å²) >= 11 is 0. The first-order chi connectivity index (χ1) is 13.6. The van der Waals surface area contributed by atoms with Gasteiger partial charge in [-0.05, 0) is 31.2 Å². The Hall–Kier alpha value is -2.93. The number of rotatable bonds is 5. The molecule has 0 radical (unpaired) electrons. The van der Waals surface area contributed by atoms with Gasteiger partial charge in [-0.25, -0.2) is 14.1 Å². The van der Waals surface area contributed by atoms with Crippen LogP contribution in [-0.4, -0.2) is 59.7 Å². The zero-order valence-corrected chi connectivity index (χ0v) is 15.9. The maximum Gasteiger partial charge on any atom is 0.254 e. The minimum absolute atomic E-state index is 0.0924. The number of para-hydroxylation sites is 2. The van der Waals surface area contributed by atoms with E-state index in [1.54, 1.807) is 12.1 Å². The number of nitrogens with one attached hydrogen (secondary N) is 1. The number of hydrogen-bond acceptors (Lipinski definition) is 4. The Morgan fingerprint density at radius 3 is 2.57 bits per heavy atom. The lowest BCUT2D eigenvalue weighted by Crippen LogP contribution is -2.52. The molecule has 28 heavy (non-hydrogen) atoms. The monoisotopic (exact) mass is 381 g/mol. The predicted molar refractivity (Wildman–Crippen MR) is 108 cm³/mol. The smallest absolute Gasteiger partial charge is 0.254 e. The molecular weight excluding hydrogens is 357 g/mol. The number of benzene rings is 2. The Labute approximate surface area is 163 Å². The van der Waals surface area contributed by atoms with Gasteiger partial charge in [-0.1, -0.05) is 24.3 Å². The lowest BCUT2D eigenvalue weighted by atomic mass is 10.2. The van der Waals surface area contributed by atoms with Crippen LogP contribution in [0, 0.1) is 12.7 Å². The van der Waals surface area contributed by atoms with E-state index in [1.807, 2.05) is 25.1 Å². The first-order valence-corrected chi connectivity index (χ1v) is 9.58. The second-order valence-electron chi connectivity index (χ2n) is 6.99. The highest BCUT2D eigenvalue weighted by Gasteiger charge is 2.20. The van der Waals surface area contributed by atoms with Crippen molar-refractivity contribution >= 4 is 16.9 Å². The molecule has 6 nitrogen and oxygen atoms in total. The maximum atomic E-state index is 13.7. The molecule has 4 rings (SSSR count). The highest BCUT2D eigenvalue weighted by Crippen LogP contribution is 2.17. The van der Waals surface area contributed by atoms with Crippen LogP contribution in [0.5, 0.6) is 0 Å². The molecular formula is C21H24FN5O. The van der Waals surface area contributed by atoms with Crippen LogP contribution in [-0.2, 0) is 0 Å². The van der Waals surface area contributed by atoms with Gasteiger partial charge in [0.2, 0.25) is 0 Å². The summed E-state index contributed by atoms with van der Waals surface area (Å²) in [6.07, 6.45) is 0. The fourth-order valence-corrected chi connectivity index (χ4v) is 3.72. The number of halogens is 1. The Morgan fingerprint density at radius 2 is 1.79 bits per heavy atom. The van der Waals surface area contributed by atoms with Gasteiger partial charge in [0.05, 0.1) is 16.6 Å². The normalized spacial score (nSPS) is 15.1. The average Bonchev–Trinajstić information content (AvgIpc) is 3.04. The van der Waals surface area contributed by atoms with E-state index in [0.29, 0.717) is 6.54 Å². The predicted octanol–water partition coefficient (Wildman–Crippen LogP) is 2.17. The van der Waals surface area contributed by atoms with Crippen LogP contribution in [0.25, 0.3) is 11.0 Å². The van der Waals surface area contributed by atoms with Crippen LogP contribution in [0.4, 0.5) is 4.39 Å². The zero-order valence-electron chi connectivity index (χ0n) is 15.9. The van der Waals surface area contributed by atoms with Crippen molar-refractivity contribution in [2.24, 2.45) is 0 Å².